The molecule has 8 heteroatoms. The second-order valence-corrected chi connectivity index (χ2v) is 10.4. The van der Waals surface area contributed by atoms with Crippen LogP contribution in [0.25, 0.3) is 10.9 Å². The van der Waals surface area contributed by atoms with Gasteiger partial charge in [0.25, 0.3) is 0 Å². The van der Waals surface area contributed by atoms with Crippen molar-refractivity contribution in [3.8, 4) is 5.75 Å². The number of hydrogen-bond donors (Lipinski definition) is 1. The number of benzene rings is 3. The van der Waals surface area contributed by atoms with Gasteiger partial charge >= 0.3 is 0 Å². The minimum Gasteiger partial charge on any atom is -0.494 e. The van der Waals surface area contributed by atoms with E-state index < -0.39 is 0 Å². The van der Waals surface area contributed by atoms with E-state index in [4.69, 9.17) is 37.9 Å². The lowest BCUT2D eigenvalue weighted by Crippen LogP contribution is -2.47. The molecule has 1 N–H and O–H groups in total. The van der Waals surface area contributed by atoms with Crippen molar-refractivity contribution in [3.63, 3.8) is 0 Å². The minimum atomic E-state index is 0.509. The molecule has 0 bridgehead atoms. The number of methoxy groups -OCH3 is 1. The maximum atomic E-state index is 6.39. The van der Waals surface area contributed by atoms with Gasteiger partial charge in [-0.05, 0) is 67.1 Å². The van der Waals surface area contributed by atoms with Crippen molar-refractivity contribution < 1.29 is 4.74 Å². The fraction of sp³-hybridized carbons (Fsp3) is 0.310. The van der Waals surface area contributed by atoms with E-state index in [1.807, 2.05) is 24.3 Å². The van der Waals surface area contributed by atoms with E-state index in [0.29, 0.717) is 15.8 Å². The summed E-state index contributed by atoms with van der Waals surface area (Å²) in [4.78, 5) is 14.5. The predicted octanol–water partition coefficient (Wildman–Crippen LogP) is 6.89. The molecule has 0 amide bonds. The van der Waals surface area contributed by atoms with Gasteiger partial charge in [-0.15, -0.1) is 0 Å². The van der Waals surface area contributed by atoms with E-state index in [1.54, 1.807) is 7.11 Å². The summed E-state index contributed by atoms with van der Waals surface area (Å²) in [5, 5.41) is 5.75. The Bertz CT molecular complexity index is 1430. The van der Waals surface area contributed by atoms with Crippen LogP contribution in [0.4, 0.5) is 23.1 Å². The number of aromatic nitrogens is 2. The van der Waals surface area contributed by atoms with Gasteiger partial charge in [-0.1, -0.05) is 47.5 Å². The molecular formula is C29H29Cl2N5O. The number of halogens is 2. The van der Waals surface area contributed by atoms with E-state index in [1.165, 1.54) is 24.0 Å². The van der Waals surface area contributed by atoms with Crippen LogP contribution in [0.2, 0.25) is 10.0 Å². The molecule has 37 heavy (non-hydrogen) atoms. The van der Waals surface area contributed by atoms with Gasteiger partial charge < -0.3 is 19.9 Å². The number of para-hydroxylation sites is 1. The summed E-state index contributed by atoms with van der Waals surface area (Å²) in [5.74, 6) is 2.11. The maximum absolute atomic E-state index is 6.39. The van der Waals surface area contributed by atoms with Gasteiger partial charge in [0.05, 0.1) is 22.7 Å². The van der Waals surface area contributed by atoms with Crippen molar-refractivity contribution in [3.05, 3.63) is 75.8 Å². The summed E-state index contributed by atoms with van der Waals surface area (Å²) in [6, 6.07) is 18.6. The summed E-state index contributed by atoms with van der Waals surface area (Å²) >= 11 is 12.8. The number of nitrogens with zero attached hydrogens (tertiary/aromatic N) is 4. The highest BCUT2D eigenvalue weighted by Gasteiger charge is 2.23. The highest BCUT2D eigenvalue weighted by molar-refractivity contribution is 6.37. The summed E-state index contributed by atoms with van der Waals surface area (Å²) in [7, 11) is 1.57. The molecule has 1 fully saturated rings. The number of fused-ring (bicyclic) bond motifs is 2. The van der Waals surface area contributed by atoms with Gasteiger partial charge in [0.15, 0.2) is 5.75 Å². The lowest BCUT2D eigenvalue weighted by Gasteiger charge is -2.36. The number of aryl methyl sites for hydroxylation is 1. The van der Waals surface area contributed by atoms with Crippen LogP contribution in [-0.2, 0) is 12.8 Å². The fourth-order valence-corrected chi connectivity index (χ4v) is 6.05. The van der Waals surface area contributed by atoms with Gasteiger partial charge in [0.2, 0.25) is 5.95 Å². The quantitative estimate of drug-likeness (QED) is 0.301. The van der Waals surface area contributed by atoms with Crippen molar-refractivity contribution in [1.29, 1.82) is 0 Å². The first-order valence-electron chi connectivity index (χ1n) is 12.8. The molecular weight excluding hydrogens is 505 g/mol. The van der Waals surface area contributed by atoms with E-state index in [2.05, 4.69) is 45.4 Å². The molecule has 190 valence electrons. The van der Waals surface area contributed by atoms with E-state index >= 15 is 0 Å². The molecule has 6 nitrogen and oxygen atoms in total. The third kappa shape index (κ3) is 4.76. The maximum Gasteiger partial charge on any atom is 0.228 e. The highest BCUT2D eigenvalue weighted by atomic mass is 35.5. The van der Waals surface area contributed by atoms with Crippen LogP contribution in [0.1, 0.15) is 24.0 Å². The first-order valence-corrected chi connectivity index (χ1v) is 13.5. The summed E-state index contributed by atoms with van der Waals surface area (Å²) in [6.45, 7) is 3.20. The van der Waals surface area contributed by atoms with Crippen LogP contribution in [0, 0.1) is 0 Å². The second kappa shape index (κ2) is 10.3. The Hall–Kier alpha value is -3.22. The molecule has 1 aliphatic carbocycles. The van der Waals surface area contributed by atoms with E-state index in [0.717, 1.165) is 73.1 Å². The average Bonchev–Trinajstić information content (AvgIpc) is 2.93. The Morgan fingerprint density at radius 2 is 1.57 bits per heavy atom. The highest BCUT2D eigenvalue weighted by Crippen LogP contribution is 2.37. The molecule has 1 aromatic heterocycles. The zero-order valence-corrected chi connectivity index (χ0v) is 22.3. The van der Waals surface area contributed by atoms with Gasteiger partial charge in [-0.25, -0.2) is 4.98 Å². The largest absolute Gasteiger partial charge is 0.494 e. The van der Waals surface area contributed by atoms with Gasteiger partial charge in [-0.3, -0.25) is 0 Å². The number of hydrogen-bond acceptors (Lipinski definition) is 6. The number of piperazine rings is 1. The number of nitrogens with one attached hydrogen (secondary N) is 1. The van der Waals surface area contributed by atoms with Gasteiger partial charge in [0, 0.05) is 42.9 Å². The van der Waals surface area contributed by atoms with Crippen LogP contribution >= 0.6 is 23.2 Å². The number of ether oxygens (including phenoxy) is 1. The molecule has 1 aliphatic heterocycles. The third-order valence-corrected chi connectivity index (χ3v) is 7.92. The SMILES string of the molecule is COc1c(Cl)cc(N2CCN(c3nc(Nc4cccc5c4CCCC5)c4ccccc4n3)CC2)cc1Cl. The molecule has 1 saturated heterocycles. The number of anilines is 4. The standard InChI is InChI=1S/C29H29Cl2N5O/c1-37-27-23(30)17-20(18-24(27)31)35-13-15-36(16-14-35)29-33-26-11-5-4-10-22(26)28(34-29)32-25-12-6-8-19-7-2-3-9-21(19)25/h4-6,8,10-12,17-18H,2-3,7,9,13-16H2,1H3,(H,32,33,34). The van der Waals surface area contributed by atoms with Crippen LogP contribution in [-0.4, -0.2) is 43.3 Å². The molecule has 6 rings (SSSR count). The lowest BCUT2D eigenvalue weighted by molar-refractivity contribution is 0.415. The van der Waals surface area contributed by atoms with Gasteiger partial charge in [0.1, 0.15) is 5.82 Å². The summed E-state index contributed by atoms with van der Waals surface area (Å²) < 4.78 is 5.30. The minimum absolute atomic E-state index is 0.509. The number of rotatable bonds is 5. The van der Waals surface area contributed by atoms with E-state index in [-0.39, 0.29) is 0 Å². The molecule has 2 aliphatic rings. The Balaban J connectivity index is 1.27. The normalized spacial score (nSPS) is 15.5. The van der Waals surface area contributed by atoms with Crippen molar-refractivity contribution in [1.82, 2.24) is 9.97 Å². The fourth-order valence-electron chi connectivity index (χ4n) is 5.42. The van der Waals surface area contributed by atoms with Gasteiger partial charge in [-0.2, -0.15) is 4.98 Å². The molecule has 3 aromatic carbocycles. The first kappa shape index (κ1) is 24.1. The average molecular weight is 534 g/mol. The monoisotopic (exact) mass is 533 g/mol. The zero-order chi connectivity index (χ0) is 25.4. The van der Waals surface area contributed by atoms with Crippen LogP contribution in [0.15, 0.2) is 54.6 Å². The topological polar surface area (TPSA) is 53.5 Å². The predicted molar refractivity (Wildman–Crippen MR) is 153 cm³/mol. The van der Waals surface area contributed by atoms with Crippen molar-refractivity contribution in [2.24, 2.45) is 0 Å². The smallest absolute Gasteiger partial charge is 0.228 e. The molecule has 4 aromatic rings. The summed E-state index contributed by atoms with van der Waals surface area (Å²) in [6.07, 6.45) is 4.75. The second-order valence-electron chi connectivity index (χ2n) is 9.58. The Morgan fingerprint density at radius 1 is 0.838 bits per heavy atom. The molecule has 0 saturated carbocycles. The van der Waals surface area contributed by atoms with Crippen molar-refractivity contribution >= 4 is 57.2 Å². The third-order valence-electron chi connectivity index (χ3n) is 7.36. The van der Waals surface area contributed by atoms with Crippen molar-refractivity contribution in [2.45, 2.75) is 25.7 Å². The summed E-state index contributed by atoms with van der Waals surface area (Å²) in [5.41, 5.74) is 5.96. The Morgan fingerprint density at radius 3 is 2.35 bits per heavy atom. The molecule has 2 heterocycles. The molecule has 0 radical (unpaired) electrons. The van der Waals surface area contributed by atoms with Crippen LogP contribution < -0.4 is 19.9 Å². The zero-order valence-electron chi connectivity index (χ0n) is 20.8. The Kier molecular flexibility index (Phi) is 6.70. The molecule has 0 unspecified atom stereocenters. The van der Waals surface area contributed by atoms with Crippen LogP contribution in [0.5, 0.6) is 5.75 Å². The van der Waals surface area contributed by atoms with E-state index in [9.17, 15) is 0 Å². The first-order chi connectivity index (χ1) is 18.1. The van der Waals surface area contributed by atoms with Crippen LogP contribution in [0.3, 0.4) is 0 Å². The van der Waals surface area contributed by atoms with Crippen molar-refractivity contribution in [2.75, 3.05) is 48.4 Å². The molecule has 0 atom stereocenters. The lowest BCUT2D eigenvalue weighted by atomic mass is 9.90. The Labute approximate surface area is 227 Å². The molecule has 0 spiro atoms.